The van der Waals surface area contributed by atoms with E-state index in [0.29, 0.717) is 41.1 Å². The molecule has 4 rings (SSSR count). The Morgan fingerprint density at radius 3 is 2.57 bits per heavy atom. The Morgan fingerprint density at radius 2 is 1.86 bits per heavy atom. The monoisotopic (exact) mass is 380 g/mol. The third kappa shape index (κ3) is 3.57. The van der Waals surface area contributed by atoms with E-state index in [1.165, 1.54) is 0 Å². The quantitative estimate of drug-likeness (QED) is 0.702. The molecule has 1 aromatic heterocycles. The van der Waals surface area contributed by atoms with E-state index in [4.69, 9.17) is 13.9 Å². The van der Waals surface area contributed by atoms with Crippen molar-refractivity contribution in [2.24, 2.45) is 0 Å². The van der Waals surface area contributed by atoms with E-state index < -0.39 is 12.0 Å². The first-order valence-electron chi connectivity index (χ1n) is 9.05. The molecule has 2 heterocycles. The van der Waals surface area contributed by atoms with Crippen molar-refractivity contribution in [3.05, 3.63) is 54.3 Å². The first-order valence-corrected chi connectivity index (χ1v) is 9.05. The molecule has 0 spiro atoms. The maximum Gasteiger partial charge on any atom is 0.293 e. The number of rotatable bonds is 5. The molecular weight excluding hydrogens is 360 g/mol. The van der Waals surface area contributed by atoms with E-state index in [2.05, 4.69) is 10.6 Å². The maximum absolute atomic E-state index is 12.8. The molecule has 0 saturated carbocycles. The second-order valence-electron chi connectivity index (χ2n) is 6.48. The van der Waals surface area contributed by atoms with Crippen molar-refractivity contribution in [2.75, 3.05) is 24.4 Å². The van der Waals surface area contributed by atoms with Gasteiger partial charge in [-0.25, -0.2) is 0 Å². The Morgan fingerprint density at radius 1 is 1.07 bits per heavy atom. The molecule has 7 nitrogen and oxygen atoms in total. The Bertz CT molecular complexity index is 1000. The van der Waals surface area contributed by atoms with Gasteiger partial charge in [0, 0.05) is 17.7 Å². The molecule has 1 fully saturated rings. The van der Waals surface area contributed by atoms with Gasteiger partial charge in [0.2, 0.25) is 5.76 Å². The highest BCUT2D eigenvalue weighted by molar-refractivity contribution is 6.15. The largest absolute Gasteiger partial charge is 0.497 e. The lowest BCUT2D eigenvalue weighted by Gasteiger charge is -2.11. The van der Waals surface area contributed by atoms with Gasteiger partial charge in [0.25, 0.3) is 11.8 Å². The average molecular weight is 380 g/mol. The molecule has 0 bridgehead atoms. The zero-order chi connectivity index (χ0) is 19.5. The van der Waals surface area contributed by atoms with Gasteiger partial charge in [0.05, 0.1) is 7.11 Å². The van der Waals surface area contributed by atoms with Crippen LogP contribution < -0.4 is 15.4 Å². The smallest absolute Gasteiger partial charge is 0.293 e. The molecule has 1 saturated heterocycles. The van der Waals surface area contributed by atoms with E-state index in [1.54, 1.807) is 43.5 Å². The Labute approximate surface area is 161 Å². The summed E-state index contributed by atoms with van der Waals surface area (Å²) in [6, 6.07) is 14.1. The molecule has 0 aliphatic carbocycles. The van der Waals surface area contributed by atoms with Crippen LogP contribution in [0.25, 0.3) is 11.0 Å². The van der Waals surface area contributed by atoms with Crippen LogP contribution in [0.4, 0.5) is 11.4 Å². The molecule has 2 aromatic carbocycles. The fraction of sp³-hybridized carbons (Fsp3) is 0.238. The second kappa shape index (κ2) is 7.74. The van der Waals surface area contributed by atoms with E-state index in [9.17, 15) is 9.59 Å². The molecule has 0 radical (unpaired) electrons. The minimum absolute atomic E-state index is 0.0448. The highest BCUT2D eigenvalue weighted by atomic mass is 16.5. The Balaban J connectivity index is 1.63. The van der Waals surface area contributed by atoms with Gasteiger partial charge in [-0.3, -0.25) is 9.59 Å². The zero-order valence-electron chi connectivity index (χ0n) is 15.4. The van der Waals surface area contributed by atoms with Gasteiger partial charge in [-0.05, 0) is 49.2 Å². The van der Waals surface area contributed by atoms with E-state index in [-0.39, 0.29) is 11.7 Å². The lowest BCUT2D eigenvalue weighted by molar-refractivity contribution is -0.124. The topological polar surface area (TPSA) is 89.8 Å². The molecule has 2 amide bonds. The number of hydrogen-bond acceptors (Lipinski definition) is 5. The van der Waals surface area contributed by atoms with Crippen LogP contribution in [-0.4, -0.2) is 31.6 Å². The lowest BCUT2D eigenvalue weighted by atomic mass is 10.2. The number of carbonyl (C=O) groups excluding carboxylic acids is 2. The molecule has 28 heavy (non-hydrogen) atoms. The van der Waals surface area contributed by atoms with E-state index >= 15 is 0 Å². The summed E-state index contributed by atoms with van der Waals surface area (Å²) in [7, 11) is 1.57. The number of carbonyl (C=O) groups is 2. The number of ether oxygens (including phenoxy) is 2. The summed E-state index contributed by atoms with van der Waals surface area (Å²) in [6.07, 6.45) is 0.996. The minimum atomic E-state index is -0.508. The van der Waals surface area contributed by atoms with Gasteiger partial charge in [-0.1, -0.05) is 12.1 Å². The minimum Gasteiger partial charge on any atom is -0.497 e. The molecule has 3 aromatic rings. The van der Waals surface area contributed by atoms with Crippen molar-refractivity contribution in [3.63, 3.8) is 0 Å². The zero-order valence-corrected chi connectivity index (χ0v) is 15.4. The number of nitrogens with one attached hydrogen (secondary N) is 2. The van der Waals surface area contributed by atoms with Crippen LogP contribution in [0.5, 0.6) is 5.75 Å². The van der Waals surface area contributed by atoms with Crippen LogP contribution in [0.2, 0.25) is 0 Å². The van der Waals surface area contributed by atoms with Crippen molar-refractivity contribution in [2.45, 2.75) is 18.9 Å². The number of amides is 2. The number of methoxy groups -OCH3 is 1. The fourth-order valence-electron chi connectivity index (χ4n) is 3.18. The van der Waals surface area contributed by atoms with Crippen molar-refractivity contribution in [1.29, 1.82) is 0 Å². The first-order chi connectivity index (χ1) is 13.7. The normalized spacial score (nSPS) is 16.1. The summed E-state index contributed by atoms with van der Waals surface area (Å²) >= 11 is 0. The van der Waals surface area contributed by atoms with Gasteiger partial charge in [0.15, 0.2) is 0 Å². The molecular formula is C21H20N2O5. The maximum atomic E-state index is 12.8. The van der Waals surface area contributed by atoms with Gasteiger partial charge < -0.3 is 24.5 Å². The highest BCUT2D eigenvalue weighted by Gasteiger charge is 2.28. The summed E-state index contributed by atoms with van der Waals surface area (Å²) < 4.78 is 16.3. The predicted molar refractivity (Wildman–Crippen MR) is 105 cm³/mol. The molecule has 2 N–H and O–H groups in total. The third-order valence-corrected chi connectivity index (χ3v) is 4.62. The highest BCUT2D eigenvalue weighted by Crippen LogP contribution is 2.32. The Kier molecular flexibility index (Phi) is 4.99. The van der Waals surface area contributed by atoms with Gasteiger partial charge >= 0.3 is 0 Å². The van der Waals surface area contributed by atoms with Crippen LogP contribution in [0, 0.1) is 0 Å². The van der Waals surface area contributed by atoms with Gasteiger partial charge in [-0.2, -0.15) is 0 Å². The van der Waals surface area contributed by atoms with Crippen LogP contribution in [-0.2, 0) is 9.53 Å². The van der Waals surface area contributed by atoms with Crippen molar-refractivity contribution >= 4 is 34.2 Å². The predicted octanol–water partition coefficient (Wildman–Crippen LogP) is 3.81. The molecule has 144 valence electrons. The van der Waals surface area contributed by atoms with E-state index in [1.807, 2.05) is 12.1 Å². The Hall–Kier alpha value is -3.32. The van der Waals surface area contributed by atoms with Crippen LogP contribution >= 0.6 is 0 Å². The van der Waals surface area contributed by atoms with Crippen LogP contribution in [0.15, 0.2) is 52.9 Å². The SMILES string of the molecule is COc1ccc(NC(=O)c2oc3ccccc3c2NC(=O)[C@H]2CCCO2)cc1. The lowest BCUT2D eigenvalue weighted by Crippen LogP contribution is -2.27. The van der Waals surface area contributed by atoms with Crippen molar-refractivity contribution < 1.29 is 23.5 Å². The van der Waals surface area contributed by atoms with Crippen molar-refractivity contribution in [3.8, 4) is 5.75 Å². The third-order valence-electron chi connectivity index (χ3n) is 4.62. The summed E-state index contributed by atoms with van der Waals surface area (Å²) in [4.78, 5) is 25.4. The molecule has 0 unspecified atom stereocenters. The average Bonchev–Trinajstić information content (AvgIpc) is 3.37. The second-order valence-corrected chi connectivity index (χ2v) is 6.48. The van der Waals surface area contributed by atoms with Crippen molar-refractivity contribution in [1.82, 2.24) is 0 Å². The van der Waals surface area contributed by atoms with Gasteiger partial charge in [0.1, 0.15) is 23.1 Å². The summed E-state index contributed by atoms with van der Waals surface area (Å²) in [5, 5.41) is 6.27. The molecule has 1 atom stereocenters. The number of fused-ring (bicyclic) bond motifs is 1. The molecule has 1 aliphatic heterocycles. The molecule has 1 aliphatic rings. The molecule has 7 heteroatoms. The van der Waals surface area contributed by atoms with Crippen LogP contribution in [0.3, 0.4) is 0 Å². The van der Waals surface area contributed by atoms with Gasteiger partial charge in [-0.15, -0.1) is 0 Å². The van der Waals surface area contributed by atoms with E-state index in [0.717, 1.165) is 6.42 Å². The van der Waals surface area contributed by atoms with Crippen LogP contribution in [0.1, 0.15) is 23.4 Å². The fourth-order valence-corrected chi connectivity index (χ4v) is 3.18. The summed E-state index contributed by atoms with van der Waals surface area (Å²) in [5.74, 6) is 0.00109. The standard InChI is InChI=1S/C21H20N2O5/c1-26-14-10-8-13(9-11-14)22-21(25)19-18(15-5-2-3-6-16(15)28-19)23-20(24)17-7-4-12-27-17/h2-3,5-6,8-11,17H,4,7,12H2,1H3,(H,22,25)(H,23,24)/t17-/m1/s1. The first kappa shape index (κ1) is 18.1. The number of benzene rings is 2. The number of para-hydroxylation sites is 1. The number of hydrogen-bond donors (Lipinski definition) is 2. The summed E-state index contributed by atoms with van der Waals surface area (Å²) in [5.41, 5.74) is 1.45. The summed E-state index contributed by atoms with van der Waals surface area (Å²) in [6.45, 7) is 0.565. The number of anilines is 2. The number of furan rings is 1.